The van der Waals surface area contributed by atoms with Gasteiger partial charge in [-0.1, -0.05) is 42.5 Å². The number of rotatable bonds is 5. The molecule has 2 rings (SSSR count). The molecule has 0 saturated carbocycles. The van der Waals surface area contributed by atoms with Crippen LogP contribution >= 0.6 is 0 Å². The maximum Gasteiger partial charge on any atom is 0.345 e. The van der Waals surface area contributed by atoms with Crippen molar-refractivity contribution in [3.63, 3.8) is 0 Å². The van der Waals surface area contributed by atoms with Gasteiger partial charge in [-0.3, -0.25) is 4.79 Å². The third kappa shape index (κ3) is 3.66. The number of carbonyl (C=O) groups is 2. The molecular formula is C19H18O4. The number of esters is 1. The highest BCUT2D eigenvalue weighted by Gasteiger charge is 2.23. The summed E-state index contributed by atoms with van der Waals surface area (Å²) in [6.45, 7) is 1.82. The second-order valence-electron chi connectivity index (χ2n) is 4.98. The van der Waals surface area contributed by atoms with Crippen LogP contribution in [-0.4, -0.2) is 26.0 Å². The van der Waals surface area contributed by atoms with Crippen LogP contribution in [0.4, 0.5) is 0 Å². The van der Waals surface area contributed by atoms with E-state index >= 15 is 0 Å². The number of hydrogen-bond donors (Lipinski definition) is 0. The Bertz CT molecular complexity index is 745. The molecule has 0 saturated heterocycles. The van der Waals surface area contributed by atoms with Crippen LogP contribution in [0.2, 0.25) is 0 Å². The lowest BCUT2D eigenvalue weighted by Crippen LogP contribution is -2.16. The number of carbonyl (C=O) groups excluding carboxylic acids is 2. The zero-order valence-corrected chi connectivity index (χ0v) is 13.3. The van der Waals surface area contributed by atoms with Crippen LogP contribution in [0.25, 0.3) is 11.1 Å². The summed E-state index contributed by atoms with van der Waals surface area (Å²) in [4.78, 5) is 24.5. The van der Waals surface area contributed by atoms with Crippen molar-refractivity contribution in [2.24, 2.45) is 0 Å². The van der Waals surface area contributed by atoms with E-state index in [0.717, 1.165) is 23.0 Å². The summed E-state index contributed by atoms with van der Waals surface area (Å²) in [5.41, 5.74) is 2.99. The molecular weight excluding hydrogens is 292 g/mol. The molecule has 0 aromatic heterocycles. The largest absolute Gasteiger partial charge is 0.503 e. The van der Waals surface area contributed by atoms with Crippen molar-refractivity contribution in [3.05, 3.63) is 71.5 Å². The van der Waals surface area contributed by atoms with Crippen molar-refractivity contribution in [1.82, 2.24) is 0 Å². The summed E-state index contributed by atoms with van der Waals surface area (Å²) in [6.07, 6.45) is 1.11. The van der Waals surface area contributed by atoms with Crippen LogP contribution in [0.1, 0.15) is 15.9 Å². The van der Waals surface area contributed by atoms with Gasteiger partial charge in [0.15, 0.2) is 0 Å². The van der Waals surface area contributed by atoms with Gasteiger partial charge in [-0.25, -0.2) is 4.79 Å². The summed E-state index contributed by atoms with van der Waals surface area (Å²) in [6, 6.07) is 15.3. The lowest BCUT2D eigenvalue weighted by molar-refractivity contribution is -0.135. The Balaban J connectivity index is 2.48. The van der Waals surface area contributed by atoms with Gasteiger partial charge in [-0.15, -0.1) is 0 Å². The average Bonchev–Trinajstić information content (AvgIpc) is 2.59. The highest BCUT2D eigenvalue weighted by atomic mass is 16.5. The van der Waals surface area contributed by atoms with Gasteiger partial charge in [0, 0.05) is 5.56 Å². The smallest absolute Gasteiger partial charge is 0.345 e. The minimum atomic E-state index is -0.721. The third-order valence-electron chi connectivity index (χ3n) is 3.47. The van der Waals surface area contributed by atoms with Gasteiger partial charge >= 0.3 is 5.97 Å². The Labute approximate surface area is 135 Å². The Hall–Kier alpha value is -2.88. The van der Waals surface area contributed by atoms with Gasteiger partial charge in [0.2, 0.25) is 5.78 Å². The predicted octanol–water partition coefficient (Wildman–Crippen LogP) is 3.55. The number of benzene rings is 2. The highest BCUT2D eigenvalue weighted by molar-refractivity contribution is 6.24. The first-order chi connectivity index (χ1) is 11.1. The molecule has 0 amide bonds. The molecule has 4 nitrogen and oxygen atoms in total. The van der Waals surface area contributed by atoms with E-state index in [-0.39, 0.29) is 5.57 Å². The van der Waals surface area contributed by atoms with Crippen molar-refractivity contribution in [2.45, 2.75) is 6.92 Å². The van der Waals surface area contributed by atoms with Gasteiger partial charge in [-0.05, 0) is 29.7 Å². The molecule has 118 valence electrons. The van der Waals surface area contributed by atoms with Crippen LogP contribution in [0, 0.1) is 6.92 Å². The normalized spacial score (nSPS) is 11.0. The molecule has 0 heterocycles. The van der Waals surface area contributed by atoms with E-state index in [4.69, 9.17) is 4.74 Å². The Morgan fingerprint density at radius 1 is 0.957 bits per heavy atom. The zero-order chi connectivity index (χ0) is 16.8. The second-order valence-corrected chi connectivity index (χ2v) is 4.98. The van der Waals surface area contributed by atoms with Gasteiger partial charge in [0.05, 0.1) is 14.2 Å². The fraction of sp³-hybridized carbons (Fsp3) is 0.158. The number of Topliss-reactive ketones (excluding diaryl/α,β-unsaturated/α-hetero) is 1. The highest BCUT2D eigenvalue weighted by Crippen LogP contribution is 2.24. The van der Waals surface area contributed by atoms with Crippen LogP contribution in [0.15, 0.2) is 60.4 Å². The first-order valence-electron chi connectivity index (χ1n) is 7.10. The molecule has 0 atom stereocenters. The van der Waals surface area contributed by atoms with E-state index < -0.39 is 11.8 Å². The number of ketones is 1. The molecule has 2 aromatic rings. The molecule has 0 spiro atoms. The van der Waals surface area contributed by atoms with Crippen LogP contribution < -0.4 is 0 Å². The lowest BCUT2D eigenvalue weighted by atomic mass is 9.95. The summed E-state index contributed by atoms with van der Waals surface area (Å²) < 4.78 is 9.49. The maximum absolute atomic E-state index is 12.7. The molecule has 0 aliphatic carbocycles. The van der Waals surface area contributed by atoms with E-state index in [9.17, 15) is 9.59 Å². The molecule has 0 bridgehead atoms. The number of hydrogen-bond acceptors (Lipinski definition) is 4. The quantitative estimate of drug-likeness (QED) is 0.212. The van der Waals surface area contributed by atoms with Crippen LogP contribution in [-0.2, 0) is 14.3 Å². The van der Waals surface area contributed by atoms with Gasteiger partial charge < -0.3 is 9.47 Å². The van der Waals surface area contributed by atoms with Crippen LogP contribution in [0.3, 0.4) is 0 Å². The molecule has 23 heavy (non-hydrogen) atoms. The molecule has 0 aliphatic heterocycles. The van der Waals surface area contributed by atoms with Gasteiger partial charge in [0.1, 0.15) is 11.8 Å². The number of ether oxygens (including phenoxy) is 2. The molecule has 0 fully saturated rings. The summed E-state index contributed by atoms with van der Waals surface area (Å²) in [7, 11) is 2.61. The van der Waals surface area contributed by atoms with E-state index in [2.05, 4.69) is 4.74 Å². The number of methoxy groups -OCH3 is 2. The topological polar surface area (TPSA) is 52.6 Å². The van der Waals surface area contributed by atoms with E-state index in [1.165, 1.54) is 14.2 Å². The molecule has 4 heteroatoms. The average molecular weight is 310 g/mol. The van der Waals surface area contributed by atoms with Crippen molar-refractivity contribution in [2.75, 3.05) is 14.2 Å². The molecule has 0 N–H and O–H groups in total. The SMILES string of the molecule is CO/C=C(/C(=O)OC)C(=O)c1cc(-c2ccccc2)ccc1C. The minimum Gasteiger partial charge on any atom is -0.503 e. The summed E-state index contributed by atoms with van der Waals surface area (Å²) in [5, 5.41) is 0. The van der Waals surface area contributed by atoms with Crippen molar-refractivity contribution in [3.8, 4) is 11.1 Å². The maximum atomic E-state index is 12.7. The Kier molecular flexibility index (Phi) is 5.31. The van der Waals surface area contributed by atoms with Crippen molar-refractivity contribution < 1.29 is 19.1 Å². The minimum absolute atomic E-state index is 0.136. The standard InChI is InChI=1S/C19H18O4/c1-13-9-10-15(14-7-5-4-6-8-14)11-16(13)18(20)17(12-22-2)19(21)23-3/h4-12H,1-3H3/b17-12+. The molecule has 0 unspecified atom stereocenters. The Morgan fingerprint density at radius 2 is 1.65 bits per heavy atom. The van der Waals surface area contributed by atoms with Crippen molar-refractivity contribution in [1.29, 1.82) is 0 Å². The first kappa shape index (κ1) is 16.5. The van der Waals surface area contributed by atoms with Crippen molar-refractivity contribution >= 4 is 11.8 Å². The van der Waals surface area contributed by atoms with Gasteiger partial charge in [0.25, 0.3) is 0 Å². The lowest BCUT2D eigenvalue weighted by Gasteiger charge is -2.10. The first-order valence-corrected chi connectivity index (χ1v) is 7.10. The monoisotopic (exact) mass is 310 g/mol. The van der Waals surface area contributed by atoms with Gasteiger partial charge in [-0.2, -0.15) is 0 Å². The molecule has 2 aromatic carbocycles. The third-order valence-corrected chi connectivity index (χ3v) is 3.47. The fourth-order valence-electron chi connectivity index (χ4n) is 2.24. The zero-order valence-electron chi connectivity index (χ0n) is 13.3. The Morgan fingerprint density at radius 3 is 2.26 bits per heavy atom. The number of aryl methyl sites for hydroxylation is 1. The van der Waals surface area contributed by atoms with E-state index in [0.29, 0.717) is 5.56 Å². The molecule has 0 aliphatic rings. The summed E-state index contributed by atoms with van der Waals surface area (Å²) >= 11 is 0. The van der Waals surface area contributed by atoms with E-state index in [1.807, 2.05) is 49.4 Å². The second kappa shape index (κ2) is 7.40. The summed E-state index contributed by atoms with van der Waals surface area (Å²) in [5.74, 6) is -1.14. The van der Waals surface area contributed by atoms with Crippen LogP contribution in [0.5, 0.6) is 0 Å². The molecule has 0 radical (unpaired) electrons. The van der Waals surface area contributed by atoms with E-state index in [1.54, 1.807) is 6.07 Å². The fourth-order valence-corrected chi connectivity index (χ4v) is 2.24. The predicted molar refractivity (Wildman–Crippen MR) is 88.1 cm³/mol.